The second kappa shape index (κ2) is 12.0. The van der Waals surface area contributed by atoms with Crippen LogP contribution in [-0.2, 0) is 17.6 Å². The highest BCUT2D eigenvalue weighted by Crippen LogP contribution is 2.43. The highest BCUT2D eigenvalue weighted by atomic mass is 32.2. The molecule has 1 atom stereocenters. The predicted molar refractivity (Wildman–Crippen MR) is 180 cm³/mol. The van der Waals surface area contributed by atoms with Gasteiger partial charge in [0.2, 0.25) is 8.32 Å². The van der Waals surface area contributed by atoms with Gasteiger partial charge in [0.25, 0.3) is 0 Å². The molecule has 3 aromatic rings. The van der Waals surface area contributed by atoms with Crippen molar-refractivity contribution in [2.45, 2.75) is 95.6 Å². The van der Waals surface area contributed by atoms with Crippen molar-refractivity contribution in [2.24, 2.45) is 0 Å². The lowest BCUT2D eigenvalue weighted by molar-refractivity contribution is 0.0240. The maximum Gasteiger partial charge on any atom is 0.410 e. The van der Waals surface area contributed by atoms with E-state index in [1.165, 1.54) is 21.9 Å². The molecule has 0 N–H and O–H groups in total. The van der Waals surface area contributed by atoms with Crippen LogP contribution >= 0.6 is 11.8 Å². The fourth-order valence-electron chi connectivity index (χ4n) is 5.78. The lowest BCUT2D eigenvalue weighted by atomic mass is 9.80. The Morgan fingerprint density at radius 2 is 1.70 bits per heavy atom. The highest BCUT2D eigenvalue weighted by molar-refractivity contribution is 7.98. The van der Waals surface area contributed by atoms with E-state index in [1.54, 1.807) is 11.8 Å². The molecule has 0 bridgehead atoms. The van der Waals surface area contributed by atoms with E-state index in [-0.39, 0.29) is 11.1 Å². The molecular weight excluding hydrogens is 573 g/mol. The molecule has 0 radical (unpaired) electrons. The van der Waals surface area contributed by atoms with E-state index in [1.807, 2.05) is 31.9 Å². The van der Waals surface area contributed by atoms with Crippen LogP contribution in [0.3, 0.4) is 0 Å². The highest BCUT2D eigenvalue weighted by Gasteiger charge is 2.39. The summed E-state index contributed by atoms with van der Waals surface area (Å²) in [5.41, 5.74) is 3.28. The number of amides is 1. The normalized spacial score (nSPS) is 18.0. The van der Waals surface area contributed by atoms with Crippen LogP contribution in [0.4, 0.5) is 10.6 Å². The molecule has 1 aliphatic heterocycles. The smallest absolute Gasteiger partial charge is 0.410 e. The average molecular weight is 621 g/mol. The second-order valence-corrected chi connectivity index (χ2v) is 19.9. The number of benzene rings is 2. The number of piperazine rings is 1. The molecule has 1 saturated heterocycles. The van der Waals surface area contributed by atoms with E-state index in [9.17, 15) is 4.79 Å². The van der Waals surface area contributed by atoms with E-state index < -0.39 is 13.9 Å². The molecule has 232 valence electrons. The Balaban J connectivity index is 1.42. The number of rotatable bonds is 5. The molecule has 0 spiro atoms. The van der Waals surface area contributed by atoms with Crippen LogP contribution in [0.5, 0.6) is 5.75 Å². The van der Waals surface area contributed by atoms with Gasteiger partial charge in [-0.05, 0) is 98.8 Å². The van der Waals surface area contributed by atoms with Crippen LogP contribution in [-0.4, -0.2) is 67.3 Å². The average Bonchev–Trinajstić information content (AvgIpc) is 2.94. The summed E-state index contributed by atoms with van der Waals surface area (Å²) < 4.78 is 12.4. The Labute approximate surface area is 262 Å². The van der Waals surface area contributed by atoms with Gasteiger partial charge in [-0.3, -0.25) is 0 Å². The molecule has 1 aliphatic carbocycles. The molecule has 1 aromatic heterocycles. The molecule has 2 heterocycles. The maximum atomic E-state index is 12.7. The number of hydrogen-bond acceptors (Lipinski definition) is 7. The van der Waals surface area contributed by atoms with Gasteiger partial charge in [0.15, 0.2) is 5.16 Å². The molecule has 2 aromatic carbocycles. The molecule has 1 amide bonds. The SMILES string of the molecule is CSc1nc2c(c(N3CCN(C(=O)OC(C)(C)C)CC3)n1)CCC(c1cc(O[Si](C)(C)C(C)(C)C)cc3ccccc13)C2. The topological polar surface area (TPSA) is 67.8 Å². The zero-order chi connectivity index (χ0) is 31.2. The van der Waals surface area contributed by atoms with Crippen molar-refractivity contribution in [3.8, 4) is 5.75 Å². The fourth-order valence-corrected chi connectivity index (χ4v) is 7.17. The molecule has 7 nitrogen and oxygen atoms in total. The van der Waals surface area contributed by atoms with Crippen LogP contribution < -0.4 is 9.33 Å². The number of fused-ring (bicyclic) bond motifs is 2. The second-order valence-electron chi connectivity index (χ2n) is 14.4. The van der Waals surface area contributed by atoms with Crippen molar-refractivity contribution < 1.29 is 14.0 Å². The molecule has 9 heteroatoms. The van der Waals surface area contributed by atoms with Crippen molar-refractivity contribution in [3.05, 3.63) is 53.2 Å². The lowest BCUT2D eigenvalue weighted by Crippen LogP contribution is -2.50. The number of nitrogens with zero attached hydrogens (tertiary/aromatic N) is 4. The van der Waals surface area contributed by atoms with Crippen LogP contribution in [0.1, 0.15) is 70.7 Å². The Morgan fingerprint density at radius 1 is 1.00 bits per heavy atom. The minimum atomic E-state index is -1.99. The number of carbonyl (C=O) groups is 1. The number of ether oxygens (including phenoxy) is 1. The van der Waals surface area contributed by atoms with E-state index in [0.29, 0.717) is 19.0 Å². The first-order valence-electron chi connectivity index (χ1n) is 15.5. The minimum Gasteiger partial charge on any atom is -0.543 e. The first kappa shape index (κ1) is 31.6. The molecule has 5 rings (SSSR count). The summed E-state index contributed by atoms with van der Waals surface area (Å²) in [5.74, 6) is 2.38. The van der Waals surface area contributed by atoms with Gasteiger partial charge in [-0.15, -0.1) is 0 Å². The Kier molecular flexibility index (Phi) is 8.80. The van der Waals surface area contributed by atoms with Gasteiger partial charge < -0.3 is 19.0 Å². The quantitative estimate of drug-likeness (QED) is 0.162. The lowest BCUT2D eigenvalue weighted by Gasteiger charge is -2.38. The summed E-state index contributed by atoms with van der Waals surface area (Å²) in [7, 11) is -1.99. The summed E-state index contributed by atoms with van der Waals surface area (Å²) in [4.78, 5) is 26.9. The Morgan fingerprint density at radius 3 is 2.35 bits per heavy atom. The summed E-state index contributed by atoms with van der Waals surface area (Å²) in [6.45, 7) is 19.9. The molecular formula is C34H48N4O3SSi. The van der Waals surface area contributed by atoms with E-state index in [2.05, 4.69) is 75.2 Å². The fraction of sp³-hybridized carbons (Fsp3) is 0.559. The third-order valence-corrected chi connectivity index (χ3v) is 14.0. The van der Waals surface area contributed by atoms with Crippen LogP contribution in [0.15, 0.2) is 41.6 Å². The first-order chi connectivity index (χ1) is 20.1. The van der Waals surface area contributed by atoms with Crippen molar-refractivity contribution >= 4 is 42.8 Å². The number of hydrogen-bond donors (Lipinski definition) is 0. The number of thioether (sulfide) groups is 1. The third kappa shape index (κ3) is 6.98. The zero-order valence-electron chi connectivity index (χ0n) is 27.4. The molecule has 1 unspecified atom stereocenters. The van der Waals surface area contributed by atoms with Crippen molar-refractivity contribution in [1.29, 1.82) is 0 Å². The largest absolute Gasteiger partial charge is 0.543 e. The number of anilines is 1. The molecule has 1 fully saturated rings. The standard InChI is InChI=1S/C34H48N4O3SSi/c1-33(2,3)40-32(39)38-18-16-37(17-19-38)30-27-15-14-24(21-29(27)35-31(36-30)42-7)28-22-25(41-43(8,9)34(4,5)6)20-23-12-10-11-13-26(23)28/h10-13,20,22,24H,14-19,21H2,1-9H3. The van der Waals surface area contributed by atoms with Gasteiger partial charge in [0.1, 0.15) is 17.2 Å². The summed E-state index contributed by atoms with van der Waals surface area (Å²) in [5, 5.41) is 3.47. The van der Waals surface area contributed by atoms with Gasteiger partial charge >= 0.3 is 6.09 Å². The van der Waals surface area contributed by atoms with Crippen molar-refractivity contribution in [3.63, 3.8) is 0 Å². The summed E-state index contributed by atoms with van der Waals surface area (Å²) in [6.07, 6.45) is 4.65. The van der Waals surface area contributed by atoms with E-state index in [0.717, 1.165) is 54.8 Å². The Hall–Kier alpha value is -2.78. The summed E-state index contributed by atoms with van der Waals surface area (Å²) >= 11 is 1.59. The maximum absolute atomic E-state index is 12.7. The van der Waals surface area contributed by atoms with Gasteiger partial charge in [-0.1, -0.05) is 56.8 Å². The minimum absolute atomic E-state index is 0.127. The molecule has 43 heavy (non-hydrogen) atoms. The zero-order valence-corrected chi connectivity index (χ0v) is 29.2. The van der Waals surface area contributed by atoms with Gasteiger partial charge in [-0.2, -0.15) is 0 Å². The first-order valence-corrected chi connectivity index (χ1v) is 19.7. The van der Waals surface area contributed by atoms with Gasteiger partial charge in [0, 0.05) is 31.7 Å². The van der Waals surface area contributed by atoms with Crippen LogP contribution in [0.25, 0.3) is 10.8 Å². The number of carbonyl (C=O) groups excluding carboxylic acids is 1. The molecule has 0 saturated carbocycles. The van der Waals surface area contributed by atoms with Crippen LogP contribution in [0.2, 0.25) is 18.1 Å². The van der Waals surface area contributed by atoms with Crippen molar-refractivity contribution in [1.82, 2.24) is 14.9 Å². The summed E-state index contributed by atoms with van der Waals surface area (Å²) in [6, 6.07) is 13.2. The third-order valence-electron chi connectivity index (χ3n) is 9.13. The number of aromatic nitrogens is 2. The van der Waals surface area contributed by atoms with Crippen LogP contribution in [0, 0.1) is 0 Å². The molecule has 2 aliphatic rings. The Bertz CT molecular complexity index is 1490. The van der Waals surface area contributed by atoms with Gasteiger partial charge in [-0.25, -0.2) is 14.8 Å². The van der Waals surface area contributed by atoms with E-state index in [4.69, 9.17) is 19.1 Å². The monoisotopic (exact) mass is 620 g/mol. The van der Waals surface area contributed by atoms with Gasteiger partial charge in [0.05, 0.1) is 5.69 Å². The van der Waals surface area contributed by atoms with Crippen molar-refractivity contribution in [2.75, 3.05) is 37.3 Å². The van der Waals surface area contributed by atoms with E-state index >= 15 is 0 Å². The predicted octanol–water partition coefficient (Wildman–Crippen LogP) is 8.07.